The van der Waals surface area contributed by atoms with E-state index in [1.807, 2.05) is 6.92 Å². The number of thiophene rings is 1. The molecule has 20 heavy (non-hydrogen) atoms. The average Bonchev–Trinajstić information content (AvgIpc) is 2.84. The number of hydrogen-bond donors (Lipinski definition) is 2. The van der Waals surface area contributed by atoms with Crippen LogP contribution >= 0.6 is 11.3 Å². The van der Waals surface area contributed by atoms with Gasteiger partial charge in [0.15, 0.2) is 0 Å². The zero-order chi connectivity index (χ0) is 14.8. The molecule has 0 aliphatic rings. The Labute approximate surface area is 116 Å². The Morgan fingerprint density at radius 1 is 1.30 bits per heavy atom. The summed E-state index contributed by atoms with van der Waals surface area (Å²) in [6.45, 7) is 1.21. The molecule has 0 aliphatic heterocycles. The highest BCUT2D eigenvalue weighted by molar-refractivity contribution is 7.16. The predicted octanol–water partition coefficient (Wildman–Crippen LogP) is 3.44. The van der Waals surface area contributed by atoms with E-state index < -0.39 is 18.9 Å². The van der Waals surface area contributed by atoms with Crippen LogP contribution in [0.25, 0.3) is 10.2 Å². The van der Waals surface area contributed by atoms with Gasteiger partial charge in [0.2, 0.25) is 5.95 Å². The Kier molecular flexibility index (Phi) is 4.26. The molecular weight excluding hydrogens is 296 g/mol. The number of rotatable bonds is 6. The summed E-state index contributed by atoms with van der Waals surface area (Å²) in [5.41, 5.74) is 0. The third kappa shape index (κ3) is 3.09. The van der Waals surface area contributed by atoms with Gasteiger partial charge in [0, 0.05) is 6.54 Å². The zero-order valence-electron chi connectivity index (χ0n) is 10.5. The molecule has 0 atom stereocenters. The average molecular weight is 308 g/mol. The highest BCUT2D eigenvalue weighted by atomic mass is 32.1. The van der Waals surface area contributed by atoms with Gasteiger partial charge in [0.1, 0.15) is 10.6 Å². The lowest BCUT2D eigenvalue weighted by Gasteiger charge is -2.16. The molecule has 2 aromatic heterocycles. The number of anilines is 2. The van der Waals surface area contributed by atoms with Gasteiger partial charge in [-0.25, -0.2) is 13.8 Å². The number of nitrogens with zero attached hydrogens (tertiary/aromatic N) is 2. The topological polar surface area (TPSA) is 49.8 Å². The summed E-state index contributed by atoms with van der Waals surface area (Å²) in [7, 11) is 0. The van der Waals surface area contributed by atoms with Crippen molar-refractivity contribution in [1.82, 2.24) is 9.97 Å². The Balaban J connectivity index is 2.26. The molecule has 9 heteroatoms. The smallest absolute Gasteiger partial charge is 0.324 e. The molecule has 0 aromatic carbocycles. The van der Waals surface area contributed by atoms with Crippen molar-refractivity contribution in [3.8, 4) is 0 Å². The summed E-state index contributed by atoms with van der Waals surface area (Å²) in [5.74, 6) is -3.72. The molecule has 0 unspecified atom stereocenters. The Morgan fingerprint density at radius 3 is 2.70 bits per heavy atom. The van der Waals surface area contributed by atoms with E-state index in [0.717, 1.165) is 0 Å². The van der Waals surface area contributed by atoms with E-state index in [0.29, 0.717) is 16.8 Å². The van der Waals surface area contributed by atoms with E-state index in [4.69, 9.17) is 0 Å². The summed E-state index contributed by atoms with van der Waals surface area (Å²) in [4.78, 5) is 8.80. The molecule has 4 nitrogen and oxygen atoms in total. The SMILES string of the molecule is CCNc1nc(NCC(F)(F)C(F)F)c2ccsc2n1. The Hall–Kier alpha value is -1.64. The molecule has 0 saturated heterocycles. The van der Waals surface area contributed by atoms with Crippen LogP contribution in [-0.2, 0) is 0 Å². The standard InChI is InChI=1S/C11H12F4N4S/c1-2-16-10-18-7(6-3-4-20-8(6)19-10)17-5-11(14,15)9(12)13/h3-4,9H,2,5H2,1H3,(H2,16,17,18,19). The predicted molar refractivity (Wildman–Crippen MR) is 71.0 cm³/mol. The van der Waals surface area contributed by atoms with Crippen LogP contribution in [0.2, 0.25) is 0 Å². The molecule has 0 radical (unpaired) electrons. The van der Waals surface area contributed by atoms with Crippen LogP contribution in [0.5, 0.6) is 0 Å². The first-order valence-electron chi connectivity index (χ1n) is 5.83. The first-order valence-corrected chi connectivity index (χ1v) is 6.71. The zero-order valence-corrected chi connectivity index (χ0v) is 11.3. The van der Waals surface area contributed by atoms with Crippen molar-refractivity contribution in [3.05, 3.63) is 11.4 Å². The van der Waals surface area contributed by atoms with Crippen LogP contribution in [-0.4, -0.2) is 35.4 Å². The van der Waals surface area contributed by atoms with Crippen LogP contribution in [0.15, 0.2) is 11.4 Å². The number of aromatic nitrogens is 2. The highest BCUT2D eigenvalue weighted by Gasteiger charge is 2.40. The summed E-state index contributed by atoms with van der Waals surface area (Å²) in [5, 5.41) is 7.40. The first-order chi connectivity index (χ1) is 9.44. The van der Waals surface area contributed by atoms with E-state index >= 15 is 0 Å². The molecule has 0 saturated carbocycles. The molecule has 2 aromatic rings. The second-order valence-corrected chi connectivity index (χ2v) is 4.88. The van der Waals surface area contributed by atoms with Gasteiger partial charge in [0.05, 0.1) is 11.9 Å². The molecule has 0 fully saturated rings. The maximum Gasteiger partial charge on any atom is 0.324 e. The fourth-order valence-corrected chi connectivity index (χ4v) is 2.27. The maximum absolute atomic E-state index is 12.9. The van der Waals surface area contributed by atoms with Crippen molar-refractivity contribution in [2.45, 2.75) is 19.3 Å². The minimum Gasteiger partial charge on any atom is -0.363 e. The second-order valence-electron chi connectivity index (χ2n) is 3.98. The molecular formula is C11H12F4N4S. The second kappa shape index (κ2) is 5.78. The van der Waals surface area contributed by atoms with Crippen LogP contribution in [0, 0.1) is 0 Å². The van der Waals surface area contributed by atoms with Gasteiger partial charge in [-0.15, -0.1) is 11.3 Å². The largest absolute Gasteiger partial charge is 0.363 e. The van der Waals surface area contributed by atoms with Gasteiger partial charge in [-0.2, -0.15) is 13.8 Å². The van der Waals surface area contributed by atoms with Crippen molar-refractivity contribution < 1.29 is 17.6 Å². The number of alkyl halides is 4. The number of fused-ring (bicyclic) bond motifs is 1. The van der Waals surface area contributed by atoms with Gasteiger partial charge in [-0.05, 0) is 18.4 Å². The molecule has 110 valence electrons. The lowest BCUT2D eigenvalue weighted by molar-refractivity contribution is -0.117. The molecule has 0 bridgehead atoms. The van der Waals surface area contributed by atoms with E-state index in [2.05, 4.69) is 20.6 Å². The van der Waals surface area contributed by atoms with Gasteiger partial charge in [-0.1, -0.05) is 0 Å². The number of hydrogen-bond acceptors (Lipinski definition) is 5. The first kappa shape index (κ1) is 14.8. The Bertz CT molecular complexity index is 587. The van der Waals surface area contributed by atoms with Gasteiger partial charge >= 0.3 is 12.3 Å². The fourth-order valence-electron chi connectivity index (χ4n) is 1.51. The van der Waals surface area contributed by atoms with Crippen molar-refractivity contribution in [2.24, 2.45) is 0 Å². The summed E-state index contributed by atoms with van der Waals surface area (Å²) >= 11 is 1.31. The molecule has 0 spiro atoms. The third-order valence-corrected chi connectivity index (χ3v) is 3.28. The highest BCUT2D eigenvalue weighted by Crippen LogP contribution is 2.28. The minimum absolute atomic E-state index is 0.118. The van der Waals surface area contributed by atoms with Gasteiger partial charge in [-0.3, -0.25) is 0 Å². The number of halogens is 4. The summed E-state index contributed by atoms with van der Waals surface area (Å²) < 4.78 is 50.1. The van der Waals surface area contributed by atoms with Crippen molar-refractivity contribution in [3.63, 3.8) is 0 Å². The van der Waals surface area contributed by atoms with E-state index in [9.17, 15) is 17.6 Å². The van der Waals surface area contributed by atoms with E-state index in [1.54, 1.807) is 11.4 Å². The third-order valence-electron chi connectivity index (χ3n) is 2.47. The molecule has 2 heterocycles. The minimum atomic E-state index is -4.11. The molecule has 2 N–H and O–H groups in total. The number of nitrogens with one attached hydrogen (secondary N) is 2. The van der Waals surface area contributed by atoms with Crippen LogP contribution < -0.4 is 10.6 Å². The molecule has 0 aliphatic carbocycles. The van der Waals surface area contributed by atoms with Crippen molar-refractivity contribution in [2.75, 3.05) is 23.7 Å². The van der Waals surface area contributed by atoms with Crippen LogP contribution in [0.3, 0.4) is 0 Å². The fraction of sp³-hybridized carbons (Fsp3) is 0.455. The van der Waals surface area contributed by atoms with Crippen molar-refractivity contribution in [1.29, 1.82) is 0 Å². The van der Waals surface area contributed by atoms with Crippen LogP contribution in [0.4, 0.5) is 29.3 Å². The lowest BCUT2D eigenvalue weighted by atomic mass is 10.3. The van der Waals surface area contributed by atoms with E-state index in [1.165, 1.54) is 11.3 Å². The quantitative estimate of drug-likeness (QED) is 0.803. The van der Waals surface area contributed by atoms with Crippen LogP contribution in [0.1, 0.15) is 6.92 Å². The monoisotopic (exact) mass is 308 g/mol. The van der Waals surface area contributed by atoms with E-state index in [-0.39, 0.29) is 11.8 Å². The normalized spacial score (nSPS) is 12.1. The summed E-state index contributed by atoms with van der Waals surface area (Å²) in [6.07, 6.45) is -3.72. The maximum atomic E-state index is 12.9. The van der Waals surface area contributed by atoms with Crippen molar-refractivity contribution >= 4 is 33.3 Å². The summed E-state index contributed by atoms with van der Waals surface area (Å²) in [6, 6.07) is 1.65. The van der Waals surface area contributed by atoms with Gasteiger partial charge in [0.25, 0.3) is 0 Å². The lowest BCUT2D eigenvalue weighted by Crippen LogP contribution is -2.35. The Morgan fingerprint density at radius 2 is 2.05 bits per heavy atom. The molecule has 2 rings (SSSR count). The van der Waals surface area contributed by atoms with Gasteiger partial charge < -0.3 is 10.6 Å². The molecule has 0 amide bonds.